The second-order valence-corrected chi connectivity index (χ2v) is 28.7. The molecule has 0 radical (unpaired) electrons. The van der Waals surface area contributed by atoms with E-state index >= 15 is 0 Å². The first-order valence-corrected chi connectivity index (χ1v) is 37.1. The largest absolute Gasteiger partial charge is 0.491 e. The Morgan fingerprint density at radius 2 is 0.570 bits per heavy atom. The molecule has 0 fully saturated rings. The van der Waals surface area contributed by atoms with Crippen LogP contribution in [0.3, 0.4) is 0 Å². The van der Waals surface area contributed by atoms with E-state index in [1.807, 2.05) is 0 Å². The molecule has 0 saturated carbocycles. The Bertz CT molecular complexity index is 4070. The summed E-state index contributed by atoms with van der Waals surface area (Å²) in [5, 5.41) is 50.1. The van der Waals surface area contributed by atoms with E-state index in [1.54, 1.807) is 0 Å². The van der Waals surface area contributed by atoms with Crippen molar-refractivity contribution in [3.63, 3.8) is 0 Å². The van der Waals surface area contributed by atoms with Crippen LogP contribution in [0.2, 0.25) is 19.0 Å². The standard InChI is InChI=1S/3C18H21BO.2C17H19BO2/c1-14-4-2-5-15(12-14)7-8-16-9-10-17-6-3-11-19(20)18(17)13-16;1-14-4-6-15(7-5-14)8-9-16-10-11-17-3-2-12-19(20)18(17)13-16;1-14-5-2-3-6-16(14)10-8-15-9-11-17-7-4-12-19(20)18(17)13-15;1-13-3-2-4-14(11-13)5-6-15-7-8-16-9-10-20-18(19)17(16)12-15;1-13-4-2-3-5-15(13)8-6-14-7-9-16-10-11-20-18(19)17(16)12-14/h2,4-5,9-10,12-13,20H,3,6-8,11H2,1H3;4-7,10-11,13,20H,2-3,8-9,12H2,1H3;2-3,5-6,9,11,13,20H,4,7-8,10,12H2,1H3;2-4,7-8,11-12,19H,5-6,9-10H2,1H3;2-5,7,9,12,19H,6,8,10-11H2,1H3. The molecule has 0 saturated heterocycles. The van der Waals surface area contributed by atoms with Gasteiger partial charge in [-0.2, -0.15) is 0 Å². The highest BCUT2D eigenvalue weighted by molar-refractivity contribution is 6.68. The van der Waals surface area contributed by atoms with E-state index in [0.29, 0.717) is 13.2 Å². The first kappa shape index (κ1) is 73.5. The Morgan fingerprint density at radius 3 is 0.920 bits per heavy atom. The van der Waals surface area contributed by atoms with Gasteiger partial charge in [0.1, 0.15) is 0 Å². The van der Waals surface area contributed by atoms with Gasteiger partial charge in [-0.1, -0.05) is 265 Å². The van der Waals surface area contributed by atoms with Crippen molar-refractivity contribution in [2.45, 2.75) is 169 Å². The summed E-state index contributed by atoms with van der Waals surface area (Å²) in [4.78, 5) is 0. The lowest BCUT2D eigenvalue weighted by molar-refractivity contribution is 0.265. The summed E-state index contributed by atoms with van der Waals surface area (Å²) < 4.78 is 10.6. The van der Waals surface area contributed by atoms with Gasteiger partial charge in [0.15, 0.2) is 0 Å². The van der Waals surface area contributed by atoms with E-state index in [9.17, 15) is 25.1 Å². The number of rotatable bonds is 15. The molecule has 0 bridgehead atoms. The lowest BCUT2D eigenvalue weighted by atomic mass is 9.53. The zero-order valence-electron chi connectivity index (χ0n) is 59.9. The molecule has 510 valence electrons. The van der Waals surface area contributed by atoms with Crippen LogP contribution >= 0.6 is 0 Å². The monoisotopic (exact) mass is 1320 g/mol. The van der Waals surface area contributed by atoms with Gasteiger partial charge < -0.3 is 34.4 Å². The van der Waals surface area contributed by atoms with Crippen LogP contribution in [0.1, 0.15) is 131 Å². The maximum Gasteiger partial charge on any atom is 0.491 e. The van der Waals surface area contributed by atoms with Gasteiger partial charge in [-0.05, 0) is 255 Å². The van der Waals surface area contributed by atoms with Gasteiger partial charge in [0.2, 0.25) is 0 Å². The van der Waals surface area contributed by atoms with Gasteiger partial charge in [0, 0.05) is 13.2 Å². The molecule has 100 heavy (non-hydrogen) atoms. The molecule has 0 unspecified atom stereocenters. The van der Waals surface area contributed by atoms with E-state index in [1.165, 1.54) is 117 Å². The molecule has 15 rings (SSSR count). The third-order valence-corrected chi connectivity index (χ3v) is 21.0. The smallest absolute Gasteiger partial charge is 0.446 e. The quantitative estimate of drug-likeness (QED) is 0.0649. The van der Waals surface area contributed by atoms with Crippen LogP contribution in [0.5, 0.6) is 0 Å². The molecular weight excluding hydrogens is 1220 g/mol. The molecule has 5 aliphatic rings. The minimum absolute atomic E-state index is 0.252. The Labute approximate surface area is 599 Å². The van der Waals surface area contributed by atoms with Gasteiger partial charge in [-0.3, -0.25) is 0 Å². The van der Waals surface area contributed by atoms with Crippen molar-refractivity contribution < 1.29 is 34.4 Å². The number of hydrogen-bond donors (Lipinski definition) is 5. The van der Waals surface area contributed by atoms with Crippen molar-refractivity contribution in [3.8, 4) is 0 Å². The maximum atomic E-state index is 10.1. The highest BCUT2D eigenvalue weighted by Gasteiger charge is 2.28. The summed E-state index contributed by atoms with van der Waals surface area (Å²) in [6.07, 6.45) is 21.6. The van der Waals surface area contributed by atoms with Gasteiger partial charge in [-0.25, -0.2) is 0 Å². The maximum absolute atomic E-state index is 10.1. The van der Waals surface area contributed by atoms with Crippen molar-refractivity contribution in [1.82, 2.24) is 0 Å². The molecule has 0 atom stereocenters. The molecule has 0 amide bonds. The SMILES string of the molecule is Cc1ccc(CCc2ccc3c(c2)B(O)CCC3)cc1.Cc1cccc(CCc2ccc3c(c2)B(O)CCC3)c1.Cc1cccc(CCc2ccc3c(c2)B(O)OCC3)c1.Cc1ccccc1CCc1ccc2c(c1)B(O)CCC2.Cc1ccccc1CCc1ccc2c(c1)B(O)OCC2. The highest BCUT2D eigenvalue weighted by Crippen LogP contribution is 2.22. The fourth-order valence-corrected chi connectivity index (χ4v) is 14.9. The van der Waals surface area contributed by atoms with Crippen molar-refractivity contribution in [2.24, 2.45) is 0 Å². The van der Waals surface area contributed by atoms with Crippen LogP contribution in [0, 0.1) is 34.6 Å². The molecule has 0 spiro atoms. The van der Waals surface area contributed by atoms with Crippen LogP contribution in [0.25, 0.3) is 0 Å². The molecule has 0 aliphatic carbocycles. The first-order valence-electron chi connectivity index (χ1n) is 37.1. The lowest BCUT2D eigenvalue weighted by Gasteiger charge is -2.19. The normalized spacial score (nSPS) is 14.2. The minimum atomic E-state index is -0.753. The predicted molar refractivity (Wildman–Crippen MR) is 422 cm³/mol. The topological polar surface area (TPSA) is 120 Å². The molecule has 5 aliphatic heterocycles. The molecule has 0 aromatic heterocycles. The average Bonchev–Trinajstić information content (AvgIpc) is 0.871. The van der Waals surface area contributed by atoms with Crippen LogP contribution in [0.15, 0.2) is 212 Å². The van der Waals surface area contributed by atoms with E-state index in [-0.39, 0.29) is 20.7 Å². The average molecular weight is 1320 g/mol. The molecule has 12 heteroatoms. The van der Waals surface area contributed by atoms with Crippen LogP contribution in [-0.2, 0) is 106 Å². The molecule has 5 heterocycles. The first-order chi connectivity index (χ1) is 48.6. The summed E-state index contributed by atoms with van der Waals surface area (Å²) in [5.74, 6) is 0. The van der Waals surface area contributed by atoms with Gasteiger partial charge in [-0.15, -0.1) is 0 Å². The summed E-state index contributed by atoms with van der Waals surface area (Å²) in [6.45, 7) is 11.2. The Morgan fingerprint density at radius 1 is 0.270 bits per heavy atom. The molecule has 10 aromatic carbocycles. The zero-order chi connectivity index (χ0) is 69.7. The summed E-state index contributed by atoms with van der Waals surface area (Å²) >= 11 is 0. The van der Waals surface area contributed by atoms with E-state index in [2.05, 4.69) is 247 Å². The predicted octanol–water partition coefficient (Wildman–Crippen LogP) is 12.8. The van der Waals surface area contributed by atoms with E-state index < -0.39 is 14.2 Å². The molecule has 10 aromatic rings. The van der Waals surface area contributed by atoms with E-state index in [0.717, 1.165) is 156 Å². The van der Waals surface area contributed by atoms with Gasteiger partial charge in [0.25, 0.3) is 0 Å². The second-order valence-electron chi connectivity index (χ2n) is 28.7. The Kier molecular flexibility index (Phi) is 27.0. The fraction of sp³-hybridized carbons (Fsp3) is 0.318. The van der Waals surface area contributed by atoms with Crippen molar-refractivity contribution in [2.75, 3.05) is 13.2 Å². The Balaban J connectivity index is 0.000000126. The Hall–Kier alpha value is -7.76. The van der Waals surface area contributed by atoms with Gasteiger partial charge in [0.05, 0.1) is 0 Å². The van der Waals surface area contributed by atoms with E-state index in [4.69, 9.17) is 9.31 Å². The summed E-state index contributed by atoms with van der Waals surface area (Å²) in [6, 6.07) is 76.0. The molecule has 7 nitrogen and oxygen atoms in total. The minimum Gasteiger partial charge on any atom is -0.446 e. The number of benzene rings is 10. The van der Waals surface area contributed by atoms with Crippen LogP contribution in [0.4, 0.5) is 0 Å². The second kappa shape index (κ2) is 36.7. The van der Waals surface area contributed by atoms with Crippen molar-refractivity contribution in [3.05, 3.63) is 324 Å². The third-order valence-electron chi connectivity index (χ3n) is 21.0. The van der Waals surface area contributed by atoms with Crippen LogP contribution < -0.4 is 27.3 Å². The zero-order valence-corrected chi connectivity index (χ0v) is 59.9. The summed E-state index contributed by atoms with van der Waals surface area (Å²) in [7, 11) is -1.50. The van der Waals surface area contributed by atoms with Crippen molar-refractivity contribution in [1.29, 1.82) is 0 Å². The number of aryl methyl sites for hydroxylation is 18. The highest BCUT2D eigenvalue weighted by atomic mass is 16.5. The third kappa shape index (κ3) is 21.2. The van der Waals surface area contributed by atoms with Crippen molar-refractivity contribution >= 4 is 62.3 Å². The summed E-state index contributed by atoms with van der Waals surface area (Å²) in [5.41, 5.74) is 31.9. The lowest BCUT2D eigenvalue weighted by Crippen LogP contribution is -2.41. The number of hydrogen-bond acceptors (Lipinski definition) is 7. The molecular formula is C88H101B5O7. The number of fused-ring (bicyclic) bond motifs is 5. The van der Waals surface area contributed by atoms with Gasteiger partial charge >= 0.3 is 35.0 Å². The van der Waals surface area contributed by atoms with Crippen LogP contribution in [-0.4, -0.2) is 73.3 Å². The fourth-order valence-electron chi connectivity index (χ4n) is 14.9. The molecule has 5 N–H and O–H groups in total.